The summed E-state index contributed by atoms with van der Waals surface area (Å²) in [6.07, 6.45) is 1.62. The van der Waals surface area contributed by atoms with Crippen molar-refractivity contribution >= 4 is 5.95 Å². The number of aromatic nitrogens is 3. The highest BCUT2D eigenvalue weighted by atomic mass is 15.3. The van der Waals surface area contributed by atoms with E-state index >= 15 is 0 Å². The first-order valence-electron chi connectivity index (χ1n) is 4.94. The Bertz CT molecular complexity index is 509. The fourth-order valence-electron chi connectivity index (χ4n) is 1.40. The third-order valence-corrected chi connectivity index (χ3v) is 2.49. The largest absolute Gasteiger partial charge is 0.291 e. The molecule has 0 radical (unpaired) electrons. The van der Waals surface area contributed by atoms with Gasteiger partial charge in [0.25, 0.3) is 5.95 Å². The Morgan fingerprint density at radius 2 is 2.00 bits per heavy atom. The summed E-state index contributed by atoms with van der Waals surface area (Å²) in [6.45, 7) is 4.14. The van der Waals surface area contributed by atoms with Gasteiger partial charge in [0.15, 0.2) is 0 Å². The van der Waals surface area contributed by atoms with Crippen LogP contribution in [0, 0.1) is 13.8 Å². The number of nitrogens with zero attached hydrogens (tertiary/aromatic N) is 3. The van der Waals surface area contributed by atoms with Gasteiger partial charge in [0.2, 0.25) is 0 Å². The van der Waals surface area contributed by atoms with Gasteiger partial charge < -0.3 is 0 Å². The first-order valence-corrected chi connectivity index (χ1v) is 4.94. The van der Waals surface area contributed by atoms with Crippen LogP contribution < -0.4 is 11.3 Å². The third-order valence-electron chi connectivity index (χ3n) is 2.49. The van der Waals surface area contributed by atoms with Crippen LogP contribution in [0.15, 0.2) is 24.4 Å². The van der Waals surface area contributed by atoms with Crippen molar-refractivity contribution in [3.8, 4) is 11.3 Å². The summed E-state index contributed by atoms with van der Waals surface area (Å²) in [5.74, 6) is 5.55. The van der Waals surface area contributed by atoms with E-state index in [2.05, 4.69) is 46.6 Å². The minimum absolute atomic E-state index is 0.315. The molecule has 1 aromatic carbocycles. The van der Waals surface area contributed by atoms with Crippen LogP contribution in [0.1, 0.15) is 11.1 Å². The van der Waals surface area contributed by atoms with Crippen molar-refractivity contribution in [1.29, 1.82) is 0 Å². The lowest BCUT2D eigenvalue weighted by atomic mass is 10.0. The number of hydrogen-bond acceptors (Lipinski definition) is 5. The van der Waals surface area contributed by atoms with Crippen LogP contribution in [0.25, 0.3) is 11.3 Å². The molecule has 1 aromatic heterocycles. The third kappa shape index (κ3) is 1.99. The van der Waals surface area contributed by atoms with E-state index in [4.69, 9.17) is 5.84 Å². The zero-order valence-electron chi connectivity index (χ0n) is 9.23. The lowest BCUT2D eigenvalue weighted by Crippen LogP contribution is -2.11. The van der Waals surface area contributed by atoms with Gasteiger partial charge in [0, 0.05) is 5.56 Å². The molecule has 0 aliphatic rings. The lowest BCUT2D eigenvalue weighted by molar-refractivity contribution is 0.966. The summed E-state index contributed by atoms with van der Waals surface area (Å²) in [7, 11) is 0. The number of nitrogen functional groups attached to an aromatic ring is 1. The van der Waals surface area contributed by atoms with Crippen molar-refractivity contribution in [1.82, 2.24) is 15.2 Å². The minimum atomic E-state index is 0.315. The number of rotatable bonds is 2. The van der Waals surface area contributed by atoms with Crippen molar-refractivity contribution in [3.05, 3.63) is 35.5 Å². The zero-order valence-corrected chi connectivity index (χ0v) is 9.23. The van der Waals surface area contributed by atoms with E-state index in [1.165, 1.54) is 11.1 Å². The van der Waals surface area contributed by atoms with Gasteiger partial charge in [-0.15, -0.1) is 5.10 Å². The van der Waals surface area contributed by atoms with Crippen LogP contribution in [-0.2, 0) is 0 Å². The Labute approximate surface area is 93.7 Å². The zero-order chi connectivity index (χ0) is 11.5. The average Bonchev–Trinajstić information content (AvgIpc) is 2.33. The van der Waals surface area contributed by atoms with Gasteiger partial charge in [-0.25, -0.2) is 10.8 Å². The summed E-state index contributed by atoms with van der Waals surface area (Å²) in [5, 5.41) is 7.56. The van der Waals surface area contributed by atoms with Gasteiger partial charge in [0.1, 0.15) is 0 Å². The Balaban J connectivity index is 2.46. The molecule has 0 aliphatic heterocycles. The topological polar surface area (TPSA) is 76.7 Å². The maximum atomic E-state index is 5.24. The molecule has 82 valence electrons. The summed E-state index contributed by atoms with van der Waals surface area (Å²) < 4.78 is 0. The number of benzene rings is 1. The fraction of sp³-hybridized carbons (Fsp3) is 0.182. The first-order chi connectivity index (χ1) is 7.70. The number of hydrazine groups is 1. The highest BCUT2D eigenvalue weighted by molar-refractivity contribution is 5.60. The molecule has 3 N–H and O–H groups in total. The van der Waals surface area contributed by atoms with Crippen LogP contribution in [0.2, 0.25) is 0 Å². The fourth-order valence-corrected chi connectivity index (χ4v) is 1.40. The molecule has 0 bridgehead atoms. The number of nitrogens with one attached hydrogen (secondary N) is 1. The molecule has 5 heteroatoms. The predicted molar refractivity (Wildman–Crippen MR) is 62.5 cm³/mol. The monoisotopic (exact) mass is 215 g/mol. The molecular weight excluding hydrogens is 202 g/mol. The summed E-state index contributed by atoms with van der Waals surface area (Å²) in [4.78, 5) is 4.22. The van der Waals surface area contributed by atoms with Gasteiger partial charge in [0.05, 0.1) is 11.9 Å². The number of anilines is 1. The molecule has 0 spiro atoms. The normalized spacial score (nSPS) is 10.2. The molecule has 2 rings (SSSR count). The average molecular weight is 215 g/mol. The van der Waals surface area contributed by atoms with Crippen molar-refractivity contribution in [2.75, 3.05) is 5.43 Å². The first kappa shape index (κ1) is 10.5. The van der Waals surface area contributed by atoms with E-state index < -0.39 is 0 Å². The maximum Gasteiger partial charge on any atom is 0.257 e. The van der Waals surface area contributed by atoms with Gasteiger partial charge in [-0.2, -0.15) is 5.10 Å². The second-order valence-electron chi connectivity index (χ2n) is 3.61. The molecule has 0 unspecified atom stereocenters. The van der Waals surface area contributed by atoms with Crippen molar-refractivity contribution in [3.63, 3.8) is 0 Å². The molecule has 0 atom stereocenters. The van der Waals surface area contributed by atoms with E-state index in [0.717, 1.165) is 11.3 Å². The Hall–Kier alpha value is -2.01. The van der Waals surface area contributed by atoms with E-state index in [1.807, 2.05) is 6.07 Å². The predicted octanol–water partition coefficient (Wildman–Crippen LogP) is 1.44. The highest BCUT2D eigenvalue weighted by Crippen LogP contribution is 2.19. The lowest BCUT2D eigenvalue weighted by Gasteiger charge is -2.05. The molecule has 0 aliphatic carbocycles. The molecule has 2 aromatic rings. The minimum Gasteiger partial charge on any atom is -0.291 e. The van der Waals surface area contributed by atoms with Gasteiger partial charge in [-0.3, -0.25) is 5.43 Å². The summed E-state index contributed by atoms with van der Waals surface area (Å²) in [6, 6.07) is 6.13. The van der Waals surface area contributed by atoms with Crippen LogP contribution in [0.5, 0.6) is 0 Å². The molecular formula is C11H13N5. The number of hydrogen-bond donors (Lipinski definition) is 2. The summed E-state index contributed by atoms with van der Waals surface area (Å²) >= 11 is 0. The second-order valence-corrected chi connectivity index (χ2v) is 3.61. The molecule has 1 heterocycles. The van der Waals surface area contributed by atoms with E-state index in [1.54, 1.807) is 6.20 Å². The Morgan fingerprint density at radius 1 is 1.19 bits per heavy atom. The van der Waals surface area contributed by atoms with Gasteiger partial charge in [-0.1, -0.05) is 12.1 Å². The van der Waals surface area contributed by atoms with Crippen LogP contribution in [0.4, 0.5) is 5.95 Å². The molecule has 0 saturated heterocycles. The van der Waals surface area contributed by atoms with Gasteiger partial charge in [-0.05, 0) is 31.0 Å². The Morgan fingerprint density at radius 3 is 2.69 bits per heavy atom. The van der Waals surface area contributed by atoms with Crippen molar-refractivity contribution in [2.24, 2.45) is 5.84 Å². The molecule has 0 saturated carbocycles. The highest BCUT2D eigenvalue weighted by Gasteiger charge is 2.03. The standard InChI is InChI=1S/C11H13N5/c1-7-3-4-9(5-8(7)2)10-6-13-16-11(14-10)15-12/h3-6H,12H2,1-2H3,(H,14,15,16). The Kier molecular flexibility index (Phi) is 2.78. The van der Waals surface area contributed by atoms with E-state index in [-0.39, 0.29) is 0 Å². The number of nitrogens with two attached hydrogens (primary N) is 1. The molecule has 0 amide bonds. The molecule has 0 fully saturated rings. The maximum absolute atomic E-state index is 5.24. The van der Waals surface area contributed by atoms with E-state index in [0.29, 0.717) is 5.95 Å². The SMILES string of the molecule is Cc1ccc(-c2cnnc(NN)n2)cc1C. The molecule has 5 nitrogen and oxygen atoms in total. The van der Waals surface area contributed by atoms with E-state index in [9.17, 15) is 0 Å². The van der Waals surface area contributed by atoms with Crippen LogP contribution in [-0.4, -0.2) is 15.2 Å². The molecule has 16 heavy (non-hydrogen) atoms. The van der Waals surface area contributed by atoms with Crippen molar-refractivity contribution in [2.45, 2.75) is 13.8 Å². The van der Waals surface area contributed by atoms with Gasteiger partial charge >= 0.3 is 0 Å². The van der Waals surface area contributed by atoms with Crippen LogP contribution >= 0.6 is 0 Å². The smallest absolute Gasteiger partial charge is 0.257 e. The summed E-state index contributed by atoms with van der Waals surface area (Å²) in [5.41, 5.74) is 6.62. The number of aryl methyl sites for hydroxylation is 2. The van der Waals surface area contributed by atoms with Crippen LogP contribution in [0.3, 0.4) is 0 Å². The second kappa shape index (κ2) is 4.24. The van der Waals surface area contributed by atoms with Crippen molar-refractivity contribution < 1.29 is 0 Å². The quantitative estimate of drug-likeness (QED) is 0.585.